The molecule has 0 aromatic heterocycles. The highest BCUT2D eigenvalue weighted by Gasteiger charge is 2.28. The molecule has 0 spiro atoms. The zero-order valence-electron chi connectivity index (χ0n) is 27.2. The quantitative estimate of drug-likeness (QED) is 0.167. The topological polar surface area (TPSA) is 0 Å². The minimum Gasteiger partial charge on any atom is -0.0622 e. The molecule has 0 saturated carbocycles. The molecular formula is C50H28. The average molecular weight is 629 g/mol. The lowest BCUT2D eigenvalue weighted by Crippen LogP contribution is -1.92. The van der Waals surface area contributed by atoms with Crippen LogP contribution in [0.5, 0.6) is 0 Å². The summed E-state index contributed by atoms with van der Waals surface area (Å²) >= 11 is 0. The van der Waals surface area contributed by atoms with Crippen molar-refractivity contribution in [1.29, 1.82) is 0 Å². The summed E-state index contributed by atoms with van der Waals surface area (Å²) in [5.41, 5.74) is 15.8. The van der Waals surface area contributed by atoms with Gasteiger partial charge in [0.25, 0.3) is 0 Å². The number of hydrogen-bond acceptors (Lipinski definition) is 0. The molecule has 0 amide bonds. The second-order valence-electron chi connectivity index (χ2n) is 13.9. The highest BCUT2D eigenvalue weighted by Crippen LogP contribution is 2.55. The van der Waals surface area contributed by atoms with Gasteiger partial charge in [-0.15, -0.1) is 0 Å². The van der Waals surface area contributed by atoms with Crippen molar-refractivity contribution in [3.63, 3.8) is 0 Å². The van der Waals surface area contributed by atoms with Crippen LogP contribution in [-0.4, -0.2) is 0 Å². The van der Waals surface area contributed by atoms with E-state index in [1.54, 1.807) is 0 Å². The van der Waals surface area contributed by atoms with E-state index in [2.05, 4.69) is 170 Å². The number of rotatable bonds is 2. The van der Waals surface area contributed by atoms with Gasteiger partial charge in [0.05, 0.1) is 0 Å². The molecule has 0 nitrogen and oxygen atoms in total. The summed E-state index contributed by atoms with van der Waals surface area (Å²) in [4.78, 5) is 0. The van der Waals surface area contributed by atoms with Gasteiger partial charge < -0.3 is 0 Å². The normalized spacial score (nSPS) is 12.4. The molecule has 0 fully saturated rings. The molecule has 0 unspecified atom stereocenters. The fourth-order valence-electron chi connectivity index (χ4n) is 9.42. The lowest BCUT2D eigenvalue weighted by Gasteiger charge is -2.19. The van der Waals surface area contributed by atoms with E-state index < -0.39 is 0 Å². The molecule has 0 radical (unpaired) electrons. The maximum atomic E-state index is 2.50. The van der Waals surface area contributed by atoms with Crippen LogP contribution in [0.4, 0.5) is 0 Å². The van der Waals surface area contributed by atoms with E-state index in [0.717, 1.165) is 0 Å². The molecule has 228 valence electrons. The third-order valence-electron chi connectivity index (χ3n) is 11.5. The van der Waals surface area contributed by atoms with Crippen LogP contribution in [0.15, 0.2) is 170 Å². The van der Waals surface area contributed by atoms with E-state index in [0.29, 0.717) is 0 Å². The molecule has 50 heavy (non-hydrogen) atoms. The molecule has 2 aliphatic carbocycles. The van der Waals surface area contributed by atoms with Crippen LogP contribution in [-0.2, 0) is 0 Å². The molecule has 10 aromatic carbocycles. The lowest BCUT2D eigenvalue weighted by molar-refractivity contribution is 1.65. The van der Waals surface area contributed by atoms with E-state index in [4.69, 9.17) is 0 Å². The standard InChI is InChI=1S/C50H28/c1-3-11-29(12-4-1)39-25-40-33(41-26-42-34-19-7-15-30-16-8-20-35(47(30)34)43(42)27-45(39)41)23-24-37-44(40)28-46-36-21-9-17-31-18-10-22-38(48(31)36)50(46)49(37)32-13-5-2-6-14-32/h1-28H. The van der Waals surface area contributed by atoms with Gasteiger partial charge in [0.2, 0.25) is 0 Å². The largest absolute Gasteiger partial charge is 0.0622 e. The van der Waals surface area contributed by atoms with Gasteiger partial charge in [-0.05, 0) is 145 Å². The lowest BCUT2D eigenvalue weighted by atomic mass is 9.84. The Morgan fingerprint density at radius 3 is 1.34 bits per heavy atom. The van der Waals surface area contributed by atoms with Gasteiger partial charge in [0.1, 0.15) is 0 Å². The molecule has 0 heteroatoms. The van der Waals surface area contributed by atoms with Crippen molar-refractivity contribution >= 4 is 53.9 Å². The van der Waals surface area contributed by atoms with E-state index in [-0.39, 0.29) is 0 Å². The van der Waals surface area contributed by atoms with Crippen molar-refractivity contribution in [3.05, 3.63) is 170 Å². The first kappa shape index (κ1) is 26.5. The molecular weight excluding hydrogens is 601 g/mol. The predicted molar refractivity (Wildman–Crippen MR) is 214 cm³/mol. The van der Waals surface area contributed by atoms with Crippen LogP contribution in [0, 0.1) is 0 Å². The highest BCUT2D eigenvalue weighted by atomic mass is 14.3. The predicted octanol–water partition coefficient (Wildman–Crippen LogP) is 14.1. The van der Waals surface area contributed by atoms with Gasteiger partial charge in [-0.25, -0.2) is 0 Å². The Morgan fingerprint density at radius 2 is 0.680 bits per heavy atom. The molecule has 0 heterocycles. The Bertz CT molecular complexity index is 3100. The summed E-state index contributed by atoms with van der Waals surface area (Å²) in [5.74, 6) is 0. The fourth-order valence-corrected chi connectivity index (χ4v) is 9.42. The number of fused-ring (bicyclic) bond motifs is 11. The molecule has 10 aromatic rings. The van der Waals surface area contributed by atoms with E-state index >= 15 is 0 Å². The Labute approximate surface area is 289 Å². The molecule has 0 bridgehead atoms. The van der Waals surface area contributed by atoms with Crippen molar-refractivity contribution in [2.24, 2.45) is 0 Å². The first-order valence-electron chi connectivity index (χ1n) is 17.5. The summed E-state index contributed by atoms with van der Waals surface area (Å²) in [5, 5.41) is 13.1. The first-order valence-corrected chi connectivity index (χ1v) is 17.5. The van der Waals surface area contributed by atoms with Gasteiger partial charge in [-0.3, -0.25) is 0 Å². The highest BCUT2D eigenvalue weighted by molar-refractivity contribution is 6.29. The van der Waals surface area contributed by atoms with Gasteiger partial charge in [0.15, 0.2) is 0 Å². The van der Waals surface area contributed by atoms with Gasteiger partial charge in [-0.1, -0.05) is 146 Å². The monoisotopic (exact) mass is 628 g/mol. The first-order chi connectivity index (χ1) is 24.8. The molecule has 0 aliphatic heterocycles. The average Bonchev–Trinajstić information content (AvgIpc) is 3.67. The zero-order valence-corrected chi connectivity index (χ0v) is 27.2. The molecule has 0 saturated heterocycles. The number of benzene rings is 10. The van der Waals surface area contributed by atoms with Gasteiger partial charge in [0, 0.05) is 0 Å². The Balaban J connectivity index is 1.26. The summed E-state index contributed by atoms with van der Waals surface area (Å²) in [7, 11) is 0. The van der Waals surface area contributed by atoms with Crippen LogP contribution in [0.1, 0.15) is 0 Å². The van der Waals surface area contributed by atoms with Crippen LogP contribution in [0.2, 0.25) is 0 Å². The Hall–Kier alpha value is -6.50. The second kappa shape index (κ2) is 9.56. The molecule has 2 aliphatic rings. The third kappa shape index (κ3) is 3.35. The number of hydrogen-bond donors (Lipinski definition) is 0. The summed E-state index contributed by atoms with van der Waals surface area (Å²) in [6.07, 6.45) is 0. The van der Waals surface area contributed by atoms with E-state index in [1.807, 2.05) is 0 Å². The van der Waals surface area contributed by atoms with Crippen LogP contribution in [0.3, 0.4) is 0 Å². The third-order valence-corrected chi connectivity index (χ3v) is 11.5. The van der Waals surface area contributed by atoms with E-state index in [9.17, 15) is 0 Å². The van der Waals surface area contributed by atoms with Crippen LogP contribution >= 0.6 is 0 Å². The van der Waals surface area contributed by atoms with Crippen molar-refractivity contribution in [1.82, 2.24) is 0 Å². The minimum atomic E-state index is 1.24. The van der Waals surface area contributed by atoms with E-state index in [1.165, 1.54) is 121 Å². The van der Waals surface area contributed by atoms with Crippen molar-refractivity contribution < 1.29 is 0 Å². The summed E-state index contributed by atoms with van der Waals surface area (Å²) in [6.45, 7) is 0. The van der Waals surface area contributed by atoms with Gasteiger partial charge in [-0.2, -0.15) is 0 Å². The summed E-state index contributed by atoms with van der Waals surface area (Å²) in [6, 6.07) is 63.8. The zero-order chi connectivity index (χ0) is 32.5. The molecule has 12 rings (SSSR count). The molecule has 0 atom stereocenters. The second-order valence-corrected chi connectivity index (χ2v) is 13.9. The Kier molecular flexibility index (Phi) is 5.06. The Morgan fingerprint density at radius 1 is 0.220 bits per heavy atom. The fraction of sp³-hybridized carbons (Fsp3) is 0. The van der Waals surface area contributed by atoms with Gasteiger partial charge >= 0.3 is 0 Å². The minimum absolute atomic E-state index is 1.24. The maximum absolute atomic E-state index is 2.50. The smallest absolute Gasteiger partial charge is 0.00137 e. The van der Waals surface area contributed by atoms with Crippen molar-refractivity contribution in [3.8, 4) is 66.8 Å². The van der Waals surface area contributed by atoms with Crippen LogP contribution < -0.4 is 0 Å². The molecule has 0 N–H and O–H groups in total. The van der Waals surface area contributed by atoms with Crippen LogP contribution in [0.25, 0.3) is 121 Å². The van der Waals surface area contributed by atoms with Crippen molar-refractivity contribution in [2.45, 2.75) is 0 Å². The SMILES string of the molecule is c1ccc(-c2cc3c4cc5c(c(-c6ccccc6)c4ccc3c3cc4c(cc23)-c2cccc3cccc-4c23)-c2cccc3cccc-5c23)cc1. The van der Waals surface area contributed by atoms with Crippen molar-refractivity contribution in [2.75, 3.05) is 0 Å². The summed E-state index contributed by atoms with van der Waals surface area (Å²) < 4.78 is 0. The maximum Gasteiger partial charge on any atom is -0.00137 e.